The molecular weight excluding hydrogens is 208 g/mol. The third kappa shape index (κ3) is 1.69. The Morgan fingerprint density at radius 1 is 1.62 bits per heavy atom. The van der Waals surface area contributed by atoms with E-state index in [4.69, 9.17) is 5.11 Å². The van der Waals surface area contributed by atoms with E-state index < -0.39 is 5.97 Å². The van der Waals surface area contributed by atoms with Gasteiger partial charge >= 0.3 is 5.97 Å². The van der Waals surface area contributed by atoms with Crippen LogP contribution < -0.4 is 0 Å². The van der Waals surface area contributed by atoms with Crippen molar-refractivity contribution in [3.05, 3.63) is 23.8 Å². The molecule has 0 saturated carbocycles. The van der Waals surface area contributed by atoms with Crippen LogP contribution in [0.3, 0.4) is 0 Å². The molecule has 2 N–H and O–H groups in total. The molecule has 0 spiro atoms. The largest absolute Gasteiger partial charge is 0.477 e. The lowest BCUT2D eigenvalue weighted by Crippen LogP contribution is -1.95. The average Bonchev–Trinajstić information content (AvgIpc) is 2.82. The van der Waals surface area contributed by atoms with E-state index in [-0.39, 0.29) is 5.69 Å². The summed E-state index contributed by atoms with van der Waals surface area (Å²) in [6, 6.07) is 0. The Labute approximate surface area is 91.9 Å². The van der Waals surface area contributed by atoms with Crippen molar-refractivity contribution >= 4 is 5.97 Å². The molecule has 0 fully saturated rings. The number of nitrogens with zero attached hydrogens (tertiary/aromatic N) is 3. The van der Waals surface area contributed by atoms with Gasteiger partial charge in [-0.15, -0.1) is 0 Å². The second kappa shape index (κ2) is 3.80. The summed E-state index contributed by atoms with van der Waals surface area (Å²) in [4.78, 5) is 17.5. The molecule has 0 aliphatic heterocycles. The van der Waals surface area contributed by atoms with Gasteiger partial charge in [-0.2, -0.15) is 5.10 Å². The van der Waals surface area contributed by atoms with Crippen LogP contribution in [0.15, 0.2) is 12.4 Å². The molecule has 2 rings (SSSR count). The van der Waals surface area contributed by atoms with Crippen LogP contribution in [0, 0.1) is 0 Å². The number of rotatable bonds is 3. The number of nitrogens with one attached hydrogen (secondary N) is 1. The van der Waals surface area contributed by atoms with Gasteiger partial charge in [0.15, 0.2) is 0 Å². The number of hydrogen-bond acceptors (Lipinski definition) is 3. The smallest absolute Gasteiger partial charge is 0.353 e. The molecule has 0 aliphatic carbocycles. The number of carboxylic acid groups (broad SMARTS) is 1. The monoisotopic (exact) mass is 220 g/mol. The molecule has 0 aliphatic rings. The van der Waals surface area contributed by atoms with E-state index in [0.717, 1.165) is 17.7 Å². The summed E-state index contributed by atoms with van der Waals surface area (Å²) in [5.41, 5.74) is 1.83. The zero-order valence-corrected chi connectivity index (χ0v) is 9.06. The predicted octanol–water partition coefficient (Wildman–Crippen LogP) is 1.07. The highest BCUT2D eigenvalue weighted by Crippen LogP contribution is 2.19. The maximum absolute atomic E-state index is 10.7. The number of H-pyrrole nitrogens is 1. The molecular formula is C10H12N4O2. The molecule has 2 aromatic heterocycles. The quantitative estimate of drug-likeness (QED) is 0.810. The second-order valence-corrected chi connectivity index (χ2v) is 3.47. The van der Waals surface area contributed by atoms with Gasteiger partial charge in [0.2, 0.25) is 0 Å². The summed E-state index contributed by atoms with van der Waals surface area (Å²) < 4.78 is 1.69. The highest BCUT2D eigenvalue weighted by Gasteiger charge is 2.13. The number of hydrogen-bond donors (Lipinski definition) is 2. The summed E-state index contributed by atoms with van der Waals surface area (Å²) in [5.74, 6) is -0.469. The van der Waals surface area contributed by atoms with Gasteiger partial charge in [0.1, 0.15) is 11.5 Å². The fraction of sp³-hybridized carbons (Fsp3) is 0.300. The average molecular weight is 220 g/mol. The van der Waals surface area contributed by atoms with Gasteiger partial charge in [-0.25, -0.2) is 9.78 Å². The molecule has 0 bridgehead atoms. The topological polar surface area (TPSA) is 83.8 Å². The van der Waals surface area contributed by atoms with Gasteiger partial charge in [0, 0.05) is 13.2 Å². The lowest BCUT2D eigenvalue weighted by Gasteiger charge is -1.94. The predicted molar refractivity (Wildman–Crippen MR) is 57.1 cm³/mol. The van der Waals surface area contributed by atoms with Crippen molar-refractivity contribution in [2.24, 2.45) is 7.05 Å². The summed E-state index contributed by atoms with van der Waals surface area (Å²) in [5, 5.41) is 13.1. The Morgan fingerprint density at radius 3 is 2.94 bits per heavy atom. The standard InChI is InChI=1S/C10H12N4O2/c1-3-7-6(5-14(2)13-7)9-11-4-8(12-9)10(15)16/h4-5H,3H2,1-2H3,(H,11,12)(H,15,16). The Kier molecular flexibility index (Phi) is 2.47. The third-order valence-corrected chi connectivity index (χ3v) is 2.30. The van der Waals surface area contributed by atoms with Crippen molar-refractivity contribution in [2.45, 2.75) is 13.3 Å². The molecule has 0 amide bonds. The van der Waals surface area contributed by atoms with E-state index in [1.54, 1.807) is 4.68 Å². The van der Waals surface area contributed by atoms with Gasteiger partial charge in [0.05, 0.1) is 17.5 Å². The molecule has 0 aromatic carbocycles. The van der Waals surface area contributed by atoms with E-state index in [1.165, 1.54) is 6.20 Å². The van der Waals surface area contributed by atoms with Crippen molar-refractivity contribution in [1.82, 2.24) is 19.7 Å². The number of carbonyl (C=O) groups is 1. The van der Waals surface area contributed by atoms with Crippen LogP contribution >= 0.6 is 0 Å². The summed E-state index contributed by atoms with van der Waals surface area (Å²) in [6.07, 6.45) is 3.91. The number of aromatic nitrogens is 4. The lowest BCUT2D eigenvalue weighted by molar-refractivity contribution is 0.0691. The first kappa shape index (κ1) is 10.4. The molecule has 2 aromatic rings. The van der Waals surface area contributed by atoms with Crippen LogP contribution in [0.25, 0.3) is 11.4 Å². The van der Waals surface area contributed by atoms with Gasteiger partial charge in [0.25, 0.3) is 0 Å². The van der Waals surface area contributed by atoms with Gasteiger partial charge < -0.3 is 10.1 Å². The van der Waals surface area contributed by atoms with Crippen LogP contribution in [0.2, 0.25) is 0 Å². The number of aromatic carboxylic acids is 1. The van der Waals surface area contributed by atoms with Crippen LogP contribution in [0.1, 0.15) is 23.1 Å². The zero-order valence-electron chi connectivity index (χ0n) is 9.06. The molecule has 6 heteroatoms. The van der Waals surface area contributed by atoms with Crippen molar-refractivity contribution in [1.29, 1.82) is 0 Å². The molecule has 0 atom stereocenters. The van der Waals surface area contributed by atoms with Crippen LogP contribution in [0.5, 0.6) is 0 Å². The van der Waals surface area contributed by atoms with E-state index in [1.807, 2.05) is 20.2 Å². The molecule has 84 valence electrons. The Morgan fingerprint density at radius 2 is 2.38 bits per heavy atom. The van der Waals surface area contributed by atoms with E-state index >= 15 is 0 Å². The normalized spacial score (nSPS) is 10.6. The maximum Gasteiger partial charge on any atom is 0.353 e. The molecule has 6 nitrogen and oxygen atoms in total. The van der Waals surface area contributed by atoms with E-state index in [2.05, 4.69) is 15.1 Å². The second-order valence-electron chi connectivity index (χ2n) is 3.47. The highest BCUT2D eigenvalue weighted by atomic mass is 16.4. The number of aryl methyl sites for hydroxylation is 2. The minimum Gasteiger partial charge on any atom is -0.477 e. The summed E-state index contributed by atoms with van der Waals surface area (Å²) in [6.45, 7) is 1.99. The molecule has 16 heavy (non-hydrogen) atoms. The van der Waals surface area contributed by atoms with Gasteiger partial charge in [-0.3, -0.25) is 4.68 Å². The van der Waals surface area contributed by atoms with Gasteiger partial charge in [-0.05, 0) is 6.42 Å². The van der Waals surface area contributed by atoms with Crippen LogP contribution in [-0.4, -0.2) is 30.8 Å². The minimum atomic E-state index is -1.01. The molecule has 0 unspecified atom stereocenters. The summed E-state index contributed by atoms with van der Waals surface area (Å²) >= 11 is 0. The van der Waals surface area contributed by atoms with Crippen molar-refractivity contribution < 1.29 is 9.90 Å². The summed E-state index contributed by atoms with van der Waals surface area (Å²) in [7, 11) is 1.82. The highest BCUT2D eigenvalue weighted by molar-refractivity contribution is 5.85. The molecule has 0 radical (unpaired) electrons. The van der Waals surface area contributed by atoms with Crippen molar-refractivity contribution in [3.8, 4) is 11.4 Å². The molecule has 0 saturated heterocycles. The fourth-order valence-electron chi connectivity index (χ4n) is 1.56. The van der Waals surface area contributed by atoms with E-state index in [0.29, 0.717) is 5.82 Å². The zero-order chi connectivity index (χ0) is 11.7. The molecule has 2 heterocycles. The number of aromatic amines is 1. The van der Waals surface area contributed by atoms with Crippen molar-refractivity contribution in [3.63, 3.8) is 0 Å². The maximum atomic E-state index is 10.7. The number of carboxylic acids is 1. The fourth-order valence-corrected chi connectivity index (χ4v) is 1.56. The Hall–Kier alpha value is -2.11. The SMILES string of the molecule is CCc1nn(C)cc1-c1ncc(C(=O)O)[nH]1. The minimum absolute atomic E-state index is 0.0842. The van der Waals surface area contributed by atoms with Crippen LogP contribution in [-0.2, 0) is 13.5 Å². The first-order valence-corrected chi connectivity index (χ1v) is 4.93. The lowest BCUT2D eigenvalue weighted by atomic mass is 10.2. The van der Waals surface area contributed by atoms with E-state index in [9.17, 15) is 4.79 Å². The first-order valence-electron chi connectivity index (χ1n) is 4.93. The number of imidazole rings is 1. The first-order chi connectivity index (χ1) is 7.61. The van der Waals surface area contributed by atoms with Crippen molar-refractivity contribution in [2.75, 3.05) is 0 Å². The Balaban J connectivity index is 2.45. The third-order valence-electron chi connectivity index (χ3n) is 2.30. The Bertz CT molecular complexity index is 527. The van der Waals surface area contributed by atoms with Crippen LogP contribution in [0.4, 0.5) is 0 Å². The van der Waals surface area contributed by atoms with Gasteiger partial charge in [-0.1, -0.05) is 6.92 Å².